The molecule has 0 radical (unpaired) electrons. The summed E-state index contributed by atoms with van der Waals surface area (Å²) in [6.45, 7) is 3.81. The monoisotopic (exact) mass is 387 g/mol. The lowest BCUT2D eigenvalue weighted by atomic mass is 9.92. The average Bonchev–Trinajstić information content (AvgIpc) is 3.41. The van der Waals surface area contributed by atoms with Crippen LogP contribution in [0.3, 0.4) is 0 Å². The molecule has 2 aliphatic rings. The van der Waals surface area contributed by atoms with Crippen LogP contribution < -0.4 is 4.74 Å². The number of aryl methyl sites for hydroxylation is 2. The molecule has 5 rings (SSSR count). The number of methoxy groups -OCH3 is 1. The van der Waals surface area contributed by atoms with Gasteiger partial charge in [0.2, 0.25) is 5.88 Å². The molecule has 146 valence electrons. The molecule has 0 saturated heterocycles. The third kappa shape index (κ3) is 3.05. The second-order valence-corrected chi connectivity index (χ2v) is 7.70. The van der Waals surface area contributed by atoms with E-state index in [0.717, 1.165) is 40.3 Å². The predicted octanol–water partition coefficient (Wildman–Crippen LogP) is 4.63. The third-order valence-electron chi connectivity index (χ3n) is 5.64. The number of benzene rings is 1. The van der Waals surface area contributed by atoms with E-state index in [1.165, 1.54) is 18.6 Å². The molecule has 1 fully saturated rings. The van der Waals surface area contributed by atoms with E-state index in [2.05, 4.69) is 16.2 Å². The van der Waals surface area contributed by atoms with Crippen molar-refractivity contribution in [2.75, 3.05) is 7.11 Å². The van der Waals surface area contributed by atoms with Crippen molar-refractivity contribution in [3.63, 3.8) is 0 Å². The van der Waals surface area contributed by atoms with Crippen LogP contribution in [0, 0.1) is 19.8 Å². The van der Waals surface area contributed by atoms with Crippen molar-refractivity contribution in [1.29, 1.82) is 0 Å². The van der Waals surface area contributed by atoms with Gasteiger partial charge >= 0.3 is 0 Å². The SMILES string of the molecule is COc1ccc(C(=O)c2cc(-c3c(C)noc3C)cc3c2N=C(C2CC2)C3)cn1. The van der Waals surface area contributed by atoms with Crippen LogP contribution in [0.1, 0.15) is 45.8 Å². The van der Waals surface area contributed by atoms with Gasteiger partial charge in [-0.25, -0.2) is 4.98 Å². The predicted molar refractivity (Wildman–Crippen MR) is 109 cm³/mol. The van der Waals surface area contributed by atoms with Gasteiger partial charge in [0, 0.05) is 41.1 Å². The molecule has 1 saturated carbocycles. The molecule has 0 amide bonds. The summed E-state index contributed by atoms with van der Waals surface area (Å²) in [5.74, 6) is 1.69. The van der Waals surface area contributed by atoms with Crippen LogP contribution in [0.25, 0.3) is 11.1 Å². The fourth-order valence-electron chi connectivity index (χ4n) is 4.00. The molecular weight excluding hydrogens is 366 g/mol. The maximum absolute atomic E-state index is 13.4. The zero-order chi connectivity index (χ0) is 20.1. The van der Waals surface area contributed by atoms with E-state index in [1.807, 2.05) is 19.9 Å². The van der Waals surface area contributed by atoms with E-state index in [4.69, 9.17) is 14.3 Å². The molecule has 0 spiro atoms. The number of carbonyl (C=O) groups is 1. The number of hydrogen-bond donors (Lipinski definition) is 0. The molecule has 0 unspecified atom stereocenters. The number of nitrogens with zero attached hydrogens (tertiary/aromatic N) is 3. The molecule has 1 aromatic carbocycles. The number of carbonyl (C=O) groups excluding carboxylic acids is 1. The Bertz CT molecular complexity index is 1140. The van der Waals surface area contributed by atoms with E-state index in [9.17, 15) is 4.79 Å². The number of rotatable bonds is 5. The van der Waals surface area contributed by atoms with Gasteiger partial charge in [-0.1, -0.05) is 5.16 Å². The molecule has 0 bridgehead atoms. The summed E-state index contributed by atoms with van der Waals surface area (Å²) in [5.41, 5.74) is 6.88. The smallest absolute Gasteiger partial charge is 0.212 e. The fraction of sp³-hybridized carbons (Fsp3) is 0.304. The van der Waals surface area contributed by atoms with Gasteiger partial charge in [-0.2, -0.15) is 0 Å². The van der Waals surface area contributed by atoms with Crippen LogP contribution in [-0.4, -0.2) is 28.7 Å². The molecular formula is C23H21N3O3. The first-order valence-corrected chi connectivity index (χ1v) is 9.77. The number of aromatic nitrogens is 2. The summed E-state index contributed by atoms with van der Waals surface area (Å²) in [5, 5.41) is 4.08. The molecule has 3 heterocycles. The Labute approximate surface area is 168 Å². The average molecular weight is 387 g/mol. The maximum atomic E-state index is 13.4. The number of hydrogen-bond acceptors (Lipinski definition) is 6. The third-order valence-corrected chi connectivity index (χ3v) is 5.64. The van der Waals surface area contributed by atoms with Gasteiger partial charge in [-0.15, -0.1) is 0 Å². The minimum Gasteiger partial charge on any atom is -0.481 e. The summed E-state index contributed by atoms with van der Waals surface area (Å²) in [7, 11) is 1.55. The van der Waals surface area contributed by atoms with Crippen LogP contribution in [0.5, 0.6) is 5.88 Å². The van der Waals surface area contributed by atoms with Gasteiger partial charge in [-0.05, 0) is 61.9 Å². The molecule has 1 aliphatic heterocycles. The maximum Gasteiger partial charge on any atom is 0.212 e. The van der Waals surface area contributed by atoms with Crippen LogP contribution >= 0.6 is 0 Å². The zero-order valence-electron chi connectivity index (χ0n) is 16.7. The quantitative estimate of drug-likeness (QED) is 0.597. The number of fused-ring (bicyclic) bond motifs is 1. The lowest BCUT2D eigenvalue weighted by molar-refractivity contribution is 0.103. The van der Waals surface area contributed by atoms with Crippen LogP contribution in [0.15, 0.2) is 40.0 Å². The zero-order valence-corrected chi connectivity index (χ0v) is 16.7. The van der Waals surface area contributed by atoms with Crippen molar-refractivity contribution in [3.8, 4) is 17.0 Å². The second kappa shape index (κ2) is 6.65. The van der Waals surface area contributed by atoms with E-state index in [0.29, 0.717) is 22.9 Å². The Balaban J connectivity index is 1.64. The molecule has 2 aromatic heterocycles. The Kier molecular flexibility index (Phi) is 4.08. The molecule has 1 aliphatic carbocycles. The van der Waals surface area contributed by atoms with Crippen LogP contribution in [0.2, 0.25) is 0 Å². The lowest BCUT2D eigenvalue weighted by Crippen LogP contribution is -2.04. The van der Waals surface area contributed by atoms with Crippen molar-refractivity contribution < 1.29 is 14.1 Å². The first kappa shape index (κ1) is 17.8. The second-order valence-electron chi connectivity index (χ2n) is 7.70. The molecule has 6 nitrogen and oxygen atoms in total. The summed E-state index contributed by atoms with van der Waals surface area (Å²) in [4.78, 5) is 22.5. The van der Waals surface area contributed by atoms with Gasteiger partial charge in [0.05, 0.1) is 18.5 Å². The summed E-state index contributed by atoms with van der Waals surface area (Å²) in [6.07, 6.45) is 4.74. The summed E-state index contributed by atoms with van der Waals surface area (Å²) >= 11 is 0. The molecule has 0 atom stereocenters. The van der Waals surface area contributed by atoms with Crippen molar-refractivity contribution in [1.82, 2.24) is 10.1 Å². The highest BCUT2D eigenvalue weighted by Gasteiger charge is 2.33. The number of ketones is 1. The van der Waals surface area contributed by atoms with Crippen molar-refractivity contribution in [3.05, 3.63) is 58.6 Å². The van der Waals surface area contributed by atoms with Crippen LogP contribution in [0.4, 0.5) is 5.69 Å². The number of ether oxygens (including phenoxy) is 1. The minimum absolute atomic E-state index is 0.0918. The largest absolute Gasteiger partial charge is 0.481 e. The lowest BCUT2D eigenvalue weighted by Gasteiger charge is -2.10. The van der Waals surface area contributed by atoms with Crippen molar-refractivity contribution >= 4 is 17.2 Å². The van der Waals surface area contributed by atoms with E-state index in [1.54, 1.807) is 25.4 Å². The fourth-order valence-corrected chi connectivity index (χ4v) is 4.00. The Morgan fingerprint density at radius 1 is 1.21 bits per heavy atom. The van der Waals surface area contributed by atoms with Gasteiger partial charge in [0.25, 0.3) is 0 Å². The highest BCUT2D eigenvalue weighted by atomic mass is 16.5. The first-order chi connectivity index (χ1) is 14.0. The number of pyridine rings is 1. The number of aliphatic imine (C=N–C) groups is 1. The van der Waals surface area contributed by atoms with Gasteiger partial charge in [0.1, 0.15) is 5.76 Å². The summed E-state index contributed by atoms with van der Waals surface area (Å²) in [6, 6.07) is 7.48. The van der Waals surface area contributed by atoms with Gasteiger partial charge in [0.15, 0.2) is 5.78 Å². The Morgan fingerprint density at radius 2 is 2.03 bits per heavy atom. The standard InChI is InChI=1S/C23H21N3O3/c1-12-21(13(2)29-26-12)16-8-17-10-19(14-4-5-14)25-22(17)18(9-16)23(27)15-6-7-20(28-3)24-11-15/h6-9,11,14H,4-5,10H2,1-3H3. The molecule has 3 aromatic rings. The molecule has 6 heteroatoms. The normalized spacial score (nSPS) is 15.2. The van der Waals surface area contributed by atoms with Crippen molar-refractivity contribution in [2.45, 2.75) is 33.1 Å². The minimum atomic E-state index is -0.0918. The molecule has 0 N–H and O–H groups in total. The first-order valence-electron chi connectivity index (χ1n) is 9.77. The van der Waals surface area contributed by atoms with E-state index in [-0.39, 0.29) is 5.78 Å². The van der Waals surface area contributed by atoms with Crippen molar-refractivity contribution in [2.24, 2.45) is 10.9 Å². The highest BCUT2D eigenvalue weighted by Crippen LogP contribution is 2.43. The van der Waals surface area contributed by atoms with E-state index >= 15 is 0 Å². The van der Waals surface area contributed by atoms with E-state index < -0.39 is 0 Å². The van der Waals surface area contributed by atoms with Crippen LogP contribution in [-0.2, 0) is 6.42 Å². The summed E-state index contributed by atoms with van der Waals surface area (Å²) < 4.78 is 10.5. The molecule has 29 heavy (non-hydrogen) atoms. The topological polar surface area (TPSA) is 77.6 Å². The van der Waals surface area contributed by atoms with Gasteiger partial charge < -0.3 is 9.26 Å². The Morgan fingerprint density at radius 3 is 2.66 bits per heavy atom. The highest BCUT2D eigenvalue weighted by molar-refractivity contribution is 6.15. The van der Waals surface area contributed by atoms with Gasteiger partial charge in [-0.3, -0.25) is 9.79 Å². The Hall–Kier alpha value is -3.28.